The normalized spacial score (nSPS) is 36.3. The van der Waals surface area contributed by atoms with Crippen molar-refractivity contribution in [1.29, 1.82) is 0 Å². The molecule has 2 atom stereocenters. The summed E-state index contributed by atoms with van der Waals surface area (Å²) in [4.78, 5) is 11.3. The van der Waals surface area contributed by atoms with Gasteiger partial charge in [-0.1, -0.05) is 12.2 Å². The monoisotopic (exact) mass is 164 g/mol. The lowest BCUT2D eigenvalue weighted by atomic mass is 9.89. The van der Waals surface area contributed by atoms with Crippen LogP contribution in [-0.4, -0.2) is 5.78 Å². The largest absolute Gasteiger partial charge is 0.300 e. The van der Waals surface area contributed by atoms with Gasteiger partial charge in [-0.25, -0.2) is 0 Å². The highest BCUT2D eigenvalue weighted by Gasteiger charge is 2.33. The Morgan fingerprint density at radius 2 is 2.08 bits per heavy atom. The van der Waals surface area contributed by atoms with Gasteiger partial charge in [0.05, 0.1) is 0 Å². The Kier molecular flexibility index (Phi) is 2.03. The Hall–Kier alpha value is -0.590. The Morgan fingerprint density at radius 3 is 2.92 bits per heavy atom. The van der Waals surface area contributed by atoms with E-state index in [2.05, 4.69) is 6.58 Å². The van der Waals surface area contributed by atoms with Crippen LogP contribution in [-0.2, 0) is 4.79 Å². The molecule has 1 heteroatoms. The molecule has 0 heterocycles. The predicted octanol–water partition coefficient (Wildman–Crippen LogP) is 2.71. The van der Waals surface area contributed by atoms with Crippen molar-refractivity contribution in [3.63, 3.8) is 0 Å². The van der Waals surface area contributed by atoms with Crippen LogP contribution in [0, 0.1) is 11.8 Å². The zero-order chi connectivity index (χ0) is 8.55. The smallest absolute Gasteiger partial charge is 0.133 e. The van der Waals surface area contributed by atoms with E-state index in [1.807, 2.05) is 0 Å². The van der Waals surface area contributed by atoms with Crippen molar-refractivity contribution < 1.29 is 4.79 Å². The molecule has 2 rings (SSSR count). The van der Waals surface area contributed by atoms with Gasteiger partial charge in [0.2, 0.25) is 0 Å². The van der Waals surface area contributed by atoms with Crippen molar-refractivity contribution >= 4 is 5.78 Å². The molecule has 0 aromatic rings. The van der Waals surface area contributed by atoms with Crippen LogP contribution in [0.15, 0.2) is 12.2 Å². The molecule has 0 bridgehead atoms. The Labute approximate surface area is 73.8 Å². The molecule has 2 aliphatic rings. The van der Waals surface area contributed by atoms with E-state index in [0.717, 1.165) is 25.2 Å². The van der Waals surface area contributed by atoms with Crippen LogP contribution in [0.2, 0.25) is 0 Å². The molecule has 2 aliphatic carbocycles. The number of rotatable bonds is 0. The van der Waals surface area contributed by atoms with E-state index >= 15 is 0 Å². The van der Waals surface area contributed by atoms with Crippen molar-refractivity contribution in [2.45, 2.75) is 38.5 Å². The molecule has 0 N–H and O–H groups in total. The second kappa shape index (κ2) is 3.04. The molecule has 0 aromatic carbocycles. The van der Waals surface area contributed by atoms with Crippen molar-refractivity contribution in [3.05, 3.63) is 12.2 Å². The molecule has 0 aliphatic heterocycles. The van der Waals surface area contributed by atoms with Crippen molar-refractivity contribution in [2.75, 3.05) is 0 Å². The number of fused-ring (bicyclic) bond motifs is 1. The summed E-state index contributed by atoms with van der Waals surface area (Å²) in [5.74, 6) is 1.81. The SMILES string of the molecule is C=C1CC[C@H]2CCCC(=O)C[C@H]12. The van der Waals surface area contributed by atoms with Crippen LogP contribution in [0.4, 0.5) is 0 Å². The zero-order valence-corrected chi connectivity index (χ0v) is 7.51. The maximum atomic E-state index is 11.3. The fourth-order valence-corrected chi connectivity index (χ4v) is 2.66. The summed E-state index contributed by atoms with van der Waals surface area (Å²) in [7, 11) is 0. The van der Waals surface area contributed by atoms with E-state index in [9.17, 15) is 4.79 Å². The first-order chi connectivity index (χ1) is 5.77. The van der Waals surface area contributed by atoms with Crippen molar-refractivity contribution in [2.24, 2.45) is 11.8 Å². The molecule has 2 fully saturated rings. The summed E-state index contributed by atoms with van der Waals surface area (Å²) in [6, 6.07) is 0. The van der Waals surface area contributed by atoms with Gasteiger partial charge in [0.25, 0.3) is 0 Å². The van der Waals surface area contributed by atoms with Crippen LogP contribution in [0.5, 0.6) is 0 Å². The minimum atomic E-state index is 0.463. The highest BCUT2D eigenvalue weighted by Crippen LogP contribution is 2.42. The summed E-state index contributed by atoms with van der Waals surface area (Å²) in [5.41, 5.74) is 1.34. The molecule has 0 unspecified atom stereocenters. The molecule has 0 spiro atoms. The van der Waals surface area contributed by atoms with Crippen LogP contribution >= 0.6 is 0 Å². The van der Waals surface area contributed by atoms with Gasteiger partial charge >= 0.3 is 0 Å². The Morgan fingerprint density at radius 1 is 1.25 bits per heavy atom. The fourth-order valence-electron chi connectivity index (χ4n) is 2.66. The quantitative estimate of drug-likeness (QED) is 0.503. The van der Waals surface area contributed by atoms with Gasteiger partial charge < -0.3 is 0 Å². The third-order valence-corrected chi connectivity index (χ3v) is 3.41. The minimum Gasteiger partial charge on any atom is -0.300 e. The second-order valence-electron chi connectivity index (χ2n) is 4.20. The fraction of sp³-hybridized carbons (Fsp3) is 0.727. The van der Waals surface area contributed by atoms with Crippen LogP contribution in [0.25, 0.3) is 0 Å². The molecule has 12 heavy (non-hydrogen) atoms. The van der Waals surface area contributed by atoms with Gasteiger partial charge in [-0.3, -0.25) is 4.79 Å². The van der Waals surface area contributed by atoms with Crippen LogP contribution in [0.1, 0.15) is 38.5 Å². The van der Waals surface area contributed by atoms with Gasteiger partial charge in [0.1, 0.15) is 5.78 Å². The Bertz CT molecular complexity index is 217. The standard InChI is InChI=1S/C11H16O/c1-8-5-6-9-3-2-4-10(12)7-11(8)9/h9,11H,1-7H2/t9-,11-/m1/s1. The van der Waals surface area contributed by atoms with E-state index in [-0.39, 0.29) is 0 Å². The summed E-state index contributed by atoms with van der Waals surface area (Å²) >= 11 is 0. The van der Waals surface area contributed by atoms with E-state index in [4.69, 9.17) is 0 Å². The third kappa shape index (κ3) is 1.33. The first-order valence-corrected chi connectivity index (χ1v) is 4.97. The molecular weight excluding hydrogens is 148 g/mol. The minimum absolute atomic E-state index is 0.463. The third-order valence-electron chi connectivity index (χ3n) is 3.41. The number of allylic oxidation sites excluding steroid dienone is 1. The van der Waals surface area contributed by atoms with Gasteiger partial charge in [0, 0.05) is 12.8 Å². The Balaban J connectivity index is 2.13. The average Bonchev–Trinajstić information content (AvgIpc) is 2.31. The lowest BCUT2D eigenvalue weighted by Gasteiger charge is -2.15. The van der Waals surface area contributed by atoms with Gasteiger partial charge in [0.15, 0.2) is 0 Å². The average molecular weight is 164 g/mol. The molecule has 0 saturated heterocycles. The van der Waals surface area contributed by atoms with Crippen LogP contribution in [0.3, 0.4) is 0 Å². The van der Waals surface area contributed by atoms with Gasteiger partial charge in [-0.05, 0) is 37.5 Å². The number of hydrogen-bond acceptors (Lipinski definition) is 1. The number of Topliss-reactive ketones (excluding diaryl/α,β-unsaturated/α-hetero) is 1. The second-order valence-corrected chi connectivity index (χ2v) is 4.20. The molecule has 0 amide bonds. The molecule has 66 valence electrons. The summed E-state index contributed by atoms with van der Waals surface area (Å²) in [6.45, 7) is 4.06. The number of carbonyl (C=O) groups is 1. The lowest BCUT2D eigenvalue weighted by Crippen LogP contribution is -2.09. The first kappa shape index (κ1) is 8.03. The number of ketones is 1. The highest BCUT2D eigenvalue weighted by atomic mass is 16.1. The van der Waals surface area contributed by atoms with E-state index in [0.29, 0.717) is 11.7 Å². The molecule has 2 saturated carbocycles. The highest BCUT2D eigenvalue weighted by molar-refractivity contribution is 5.79. The summed E-state index contributed by atoms with van der Waals surface area (Å²) in [5, 5.41) is 0. The predicted molar refractivity (Wildman–Crippen MR) is 48.8 cm³/mol. The summed E-state index contributed by atoms with van der Waals surface area (Å²) < 4.78 is 0. The van der Waals surface area contributed by atoms with Gasteiger partial charge in [-0.15, -0.1) is 0 Å². The van der Waals surface area contributed by atoms with E-state index < -0.39 is 0 Å². The van der Waals surface area contributed by atoms with E-state index in [1.165, 1.54) is 24.8 Å². The summed E-state index contributed by atoms with van der Waals surface area (Å²) in [6.07, 6.45) is 6.45. The maximum absolute atomic E-state index is 11.3. The van der Waals surface area contributed by atoms with Crippen LogP contribution < -0.4 is 0 Å². The molecular formula is C11H16O. The van der Waals surface area contributed by atoms with E-state index in [1.54, 1.807) is 0 Å². The maximum Gasteiger partial charge on any atom is 0.133 e. The van der Waals surface area contributed by atoms with Crippen molar-refractivity contribution in [3.8, 4) is 0 Å². The topological polar surface area (TPSA) is 17.1 Å². The molecule has 0 aromatic heterocycles. The molecule has 1 nitrogen and oxygen atoms in total. The van der Waals surface area contributed by atoms with Gasteiger partial charge in [-0.2, -0.15) is 0 Å². The lowest BCUT2D eigenvalue weighted by molar-refractivity contribution is -0.119. The molecule has 0 radical (unpaired) electrons. The zero-order valence-electron chi connectivity index (χ0n) is 7.51. The number of hydrogen-bond donors (Lipinski definition) is 0. The first-order valence-electron chi connectivity index (χ1n) is 4.97. The number of carbonyl (C=O) groups excluding carboxylic acids is 1. The van der Waals surface area contributed by atoms with Crippen molar-refractivity contribution in [1.82, 2.24) is 0 Å².